The van der Waals surface area contributed by atoms with Crippen molar-refractivity contribution in [2.45, 2.75) is 31.7 Å². The number of piperidine rings is 1. The molecule has 0 bridgehead atoms. The molecule has 3 amide bonds. The molecule has 0 saturated carbocycles. The minimum Gasteiger partial charge on any atom is -0.472 e. The first-order chi connectivity index (χ1) is 13.7. The molecule has 4 rings (SSSR count). The van der Waals surface area contributed by atoms with Gasteiger partial charge < -0.3 is 24.9 Å². The van der Waals surface area contributed by atoms with Crippen molar-refractivity contribution in [1.29, 1.82) is 0 Å². The second kappa shape index (κ2) is 8.37. The maximum atomic E-state index is 12.4. The molecule has 0 atom stereocenters. The van der Waals surface area contributed by atoms with E-state index < -0.39 is 0 Å². The van der Waals surface area contributed by atoms with E-state index in [4.69, 9.17) is 4.42 Å². The lowest BCUT2D eigenvalue weighted by atomic mass is 10.0. The summed E-state index contributed by atoms with van der Waals surface area (Å²) in [4.78, 5) is 28.9. The summed E-state index contributed by atoms with van der Waals surface area (Å²) in [5, 5.41) is 5.97. The largest absolute Gasteiger partial charge is 0.472 e. The third-order valence-corrected chi connectivity index (χ3v) is 5.46. The molecule has 0 spiro atoms. The Morgan fingerprint density at radius 2 is 1.82 bits per heavy atom. The van der Waals surface area contributed by atoms with Gasteiger partial charge in [-0.2, -0.15) is 0 Å². The van der Waals surface area contributed by atoms with Crippen molar-refractivity contribution >= 4 is 23.3 Å². The highest BCUT2D eigenvalue weighted by Crippen LogP contribution is 2.23. The van der Waals surface area contributed by atoms with Crippen LogP contribution in [0.4, 0.5) is 16.2 Å². The molecule has 2 aromatic rings. The first-order valence-corrected chi connectivity index (χ1v) is 9.93. The molecule has 148 valence electrons. The summed E-state index contributed by atoms with van der Waals surface area (Å²) in [6, 6.07) is 9.54. The Bertz CT molecular complexity index is 807. The Kier molecular flexibility index (Phi) is 5.50. The summed E-state index contributed by atoms with van der Waals surface area (Å²) < 4.78 is 4.98. The van der Waals surface area contributed by atoms with E-state index in [2.05, 4.69) is 21.6 Å². The van der Waals surface area contributed by atoms with Crippen molar-refractivity contribution < 1.29 is 14.0 Å². The Balaban J connectivity index is 1.26. The Hall–Kier alpha value is -2.96. The number of rotatable bonds is 4. The summed E-state index contributed by atoms with van der Waals surface area (Å²) in [5.41, 5.74) is 2.53. The topological polar surface area (TPSA) is 77.8 Å². The van der Waals surface area contributed by atoms with Gasteiger partial charge in [0.2, 0.25) is 0 Å². The molecule has 3 heterocycles. The quantitative estimate of drug-likeness (QED) is 0.850. The van der Waals surface area contributed by atoms with Gasteiger partial charge in [0, 0.05) is 43.6 Å². The summed E-state index contributed by atoms with van der Waals surface area (Å²) in [6.07, 6.45) is 6.90. The lowest BCUT2D eigenvalue weighted by molar-refractivity contribution is 0.0708. The highest BCUT2D eigenvalue weighted by molar-refractivity contribution is 5.94. The van der Waals surface area contributed by atoms with E-state index in [-0.39, 0.29) is 18.0 Å². The highest BCUT2D eigenvalue weighted by atomic mass is 16.3. The number of nitrogens with one attached hydrogen (secondary N) is 2. The molecule has 2 N–H and O–H groups in total. The van der Waals surface area contributed by atoms with Crippen LogP contribution in [0.15, 0.2) is 47.3 Å². The summed E-state index contributed by atoms with van der Waals surface area (Å²) in [6.45, 7) is 3.40. The van der Waals surface area contributed by atoms with Crippen LogP contribution in [0.25, 0.3) is 0 Å². The van der Waals surface area contributed by atoms with Crippen molar-refractivity contribution in [3.63, 3.8) is 0 Å². The van der Waals surface area contributed by atoms with Crippen LogP contribution in [-0.4, -0.2) is 49.1 Å². The van der Waals surface area contributed by atoms with Gasteiger partial charge in [-0.15, -0.1) is 0 Å². The van der Waals surface area contributed by atoms with Gasteiger partial charge in [0.25, 0.3) is 5.91 Å². The van der Waals surface area contributed by atoms with Gasteiger partial charge >= 0.3 is 6.03 Å². The van der Waals surface area contributed by atoms with E-state index >= 15 is 0 Å². The van der Waals surface area contributed by atoms with E-state index in [1.165, 1.54) is 25.4 Å². The Labute approximate surface area is 164 Å². The van der Waals surface area contributed by atoms with Crippen LogP contribution >= 0.6 is 0 Å². The maximum Gasteiger partial charge on any atom is 0.319 e. The first-order valence-electron chi connectivity index (χ1n) is 9.93. The number of amides is 3. The number of likely N-dealkylation sites (tertiary alicyclic amines) is 1. The van der Waals surface area contributed by atoms with E-state index in [9.17, 15) is 9.59 Å². The highest BCUT2D eigenvalue weighted by Gasteiger charge is 2.25. The molecular weight excluding hydrogens is 356 g/mol. The standard InChI is InChI=1S/C21H26N4O3/c26-20(16-8-13-28-15-16)25-11-6-17(7-12-25)22-21(27)23-18-4-3-5-19(14-18)24-9-1-2-10-24/h3-5,8,13-15,17H,1-2,6-7,9-12H2,(H2,22,23,27). The van der Waals surface area contributed by atoms with Crippen LogP contribution in [0, 0.1) is 0 Å². The predicted molar refractivity (Wildman–Crippen MR) is 108 cm³/mol. The van der Waals surface area contributed by atoms with Crippen molar-refractivity contribution in [1.82, 2.24) is 10.2 Å². The summed E-state index contributed by atoms with van der Waals surface area (Å²) >= 11 is 0. The molecule has 2 aliphatic rings. The van der Waals surface area contributed by atoms with Crippen molar-refractivity contribution in [3.8, 4) is 0 Å². The lowest BCUT2D eigenvalue weighted by Gasteiger charge is -2.32. The predicted octanol–water partition coefficient (Wildman–Crippen LogP) is 3.31. The third kappa shape index (κ3) is 4.30. The van der Waals surface area contributed by atoms with Gasteiger partial charge in [-0.3, -0.25) is 4.79 Å². The number of furan rings is 1. The molecule has 2 saturated heterocycles. The second-order valence-electron chi connectivity index (χ2n) is 7.42. The molecule has 28 heavy (non-hydrogen) atoms. The fourth-order valence-corrected chi connectivity index (χ4v) is 3.90. The average Bonchev–Trinajstić information content (AvgIpc) is 3.42. The minimum atomic E-state index is -0.196. The number of anilines is 2. The van der Waals surface area contributed by atoms with Gasteiger partial charge in [-0.25, -0.2) is 4.79 Å². The van der Waals surface area contributed by atoms with E-state index in [1.54, 1.807) is 11.0 Å². The number of hydrogen-bond donors (Lipinski definition) is 2. The third-order valence-electron chi connectivity index (χ3n) is 5.46. The zero-order valence-electron chi connectivity index (χ0n) is 15.9. The number of carbonyl (C=O) groups excluding carboxylic acids is 2. The molecular formula is C21H26N4O3. The molecule has 0 radical (unpaired) electrons. The molecule has 0 unspecified atom stereocenters. The Morgan fingerprint density at radius 3 is 2.54 bits per heavy atom. The van der Waals surface area contributed by atoms with E-state index in [0.29, 0.717) is 18.7 Å². The monoisotopic (exact) mass is 382 g/mol. The average molecular weight is 382 g/mol. The zero-order valence-corrected chi connectivity index (χ0v) is 15.9. The van der Waals surface area contributed by atoms with Gasteiger partial charge in [0.05, 0.1) is 11.8 Å². The second-order valence-corrected chi connectivity index (χ2v) is 7.42. The van der Waals surface area contributed by atoms with Crippen molar-refractivity contribution in [2.24, 2.45) is 0 Å². The first kappa shape index (κ1) is 18.4. The summed E-state index contributed by atoms with van der Waals surface area (Å²) in [5.74, 6) is -0.0182. The molecule has 2 fully saturated rings. The molecule has 2 aliphatic heterocycles. The fourth-order valence-electron chi connectivity index (χ4n) is 3.90. The maximum absolute atomic E-state index is 12.4. The number of nitrogens with zero attached hydrogens (tertiary/aromatic N) is 2. The fraction of sp³-hybridized carbons (Fsp3) is 0.429. The number of hydrogen-bond acceptors (Lipinski definition) is 4. The van der Waals surface area contributed by atoms with Gasteiger partial charge in [-0.05, 0) is 49.9 Å². The van der Waals surface area contributed by atoms with Crippen LogP contribution < -0.4 is 15.5 Å². The van der Waals surface area contributed by atoms with Gasteiger partial charge in [0.15, 0.2) is 0 Å². The van der Waals surface area contributed by atoms with Crippen LogP contribution in [0.2, 0.25) is 0 Å². The lowest BCUT2D eigenvalue weighted by Crippen LogP contribution is -2.47. The van der Waals surface area contributed by atoms with Crippen LogP contribution in [-0.2, 0) is 0 Å². The van der Waals surface area contributed by atoms with E-state index in [1.807, 2.05) is 18.2 Å². The van der Waals surface area contributed by atoms with Crippen LogP contribution in [0.5, 0.6) is 0 Å². The van der Waals surface area contributed by atoms with E-state index in [0.717, 1.165) is 37.3 Å². The number of carbonyl (C=O) groups is 2. The van der Waals surface area contributed by atoms with Crippen molar-refractivity contribution in [3.05, 3.63) is 48.4 Å². The van der Waals surface area contributed by atoms with Crippen molar-refractivity contribution in [2.75, 3.05) is 36.4 Å². The van der Waals surface area contributed by atoms with Gasteiger partial charge in [-0.1, -0.05) is 6.07 Å². The number of urea groups is 1. The SMILES string of the molecule is O=C(Nc1cccc(N2CCCC2)c1)NC1CCN(C(=O)c2ccoc2)CC1. The zero-order chi connectivity index (χ0) is 19.3. The molecule has 0 aliphatic carbocycles. The minimum absolute atomic E-state index is 0.0182. The smallest absolute Gasteiger partial charge is 0.319 e. The molecule has 1 aromatic carbocycles. The Morgan fingerprint density at radius 1 is 1.04 bits per heavy atom. The van der Waals surface area contributed by atoms with Gasteiger partial charge in [0.1, 0.15) is 6.26 Å². The normalized spacial score (nSPS) is 17.6. The van der Waals surface area contributed by atoms with Crippen LogP contribution in [0.1, 0.15) is 36.0 Å². The van der Waals surface area contributed by atoms with Crippen LogP contribution in [0.3, 0.4) is 0 Å². The molecule has 1 aromatic heterocycles. The summed E-state index contributed by atoms with van der Waals surface area (Å²) in [7, 11) is 0. The molecule has 7 nitrogen and oxygen atoms in total. The molecule has 7 heteroatoms. The number of benzene rings is 1.